The molecule has 0 radical (unpaired) electrons. The Hall–Kier alpha value is -1.78. The summed E-state index contributed by atoms with van der Waals surface area (Å²) >= 11 is 0. The fourth-order valence-electron chi connectivity index (χ4n) is 7.23. The van der Waals surface area contributed by atoms with Crippen LogP contribution in [0.15, 0.2) is 23.8 Å². The first kappa shape index (κ1) is 37.7. The molecule has 0 bridgehead atoms. The van der Waals surface area contributed by atoms with E-state index < -0.39 is 6.10 Å². The molecule has 9 atom stereocenters. The number of amides is 1. The molecule has 0 saturated carbocycles. The molecule has 9 nitrogen and oxygen atoms in total. The van der Waals surface area contributed by atoms with Gasteiger partial charge in [0.2, 0.25) is 0 Å². The van der Waals surface area contributed by atoms with Crippen LogP contribution in [0.25, 0.3) is 0 Å². The first-order valence-electron chi connectivity index (χ1n) is 17.5. The number of unbranched alkanes of at least 4 members (excludes halogenated alkanes) is 2. The fourth-order valence-corrected chi connectivity index (χ4v) is 7.23. The van der Waals surface area contributed by atoms with Crippen LogP contribution in [0, 0.1) is 17.8 Å². The number of piperazine rings is 1. The number of allylic oxidation sites excluding steroid dienone is 3. The summed E-state index contributed by atoms with van der Waals surface area (Å²) in [5.41, 5.74) is 1.03. The highest BCUT2D eigenvalue weighted by molar-refractivity contribution is 5.78. The van der Waals surface area contributed by atoms with Gasteiger partial charge < -0.3 is 34.3 Å². The van der Waals surface area contributed by atoms with Gasteiger partial charge in [-0.05, 0) is 83.1 Å². The predicted octanol–water partition coefficient (Wildman–Crippen LogP) is 6.58. The van der Waals surface area contributed by atoms with Crippen molar-refractivity contribution in [3.8, 4) is 0 Å². The molecule has 1 amide bonds. The van der Waals surface area contributed by atoms with E-state index in [1.165, 1.54) is 5.57 Å². The first-order valence-corrected chi connectivity index (χ1v) is 17.5. The van der Waals surface area contributed by atoms with Gasteiger partial charge in [0, 0.05) is 56.3 Å². The molecule has 3 aliphatic heterocycles. The van der Waals surface area contributed by atoms with Crippen LogP contribution in [-0.4, -0.2) is 97.9 Å². The molecule has 0 aromatic rings. The summed E-state index contributed by atoms with van der Waals surface area (Å²) < 4.78 is 23.5. The van der Waals surface area contributed by atoms with Crippen molar-refractivity contribution >= 4 is 11.9 Å². The normalized spacial score (nSPS) is 30.1. The molecule has 0 aliphatic carbocycles. The van der Waals surface area contributed by atoms with E-state index in [2.05, 4.69) is 58.2 Å². The highest BCUT2D eigenvalue weighted by Gasteiger charge is 2.56. The number of nitrogens with one attached hydrogen (secondary N) is 1. The third-order valence-corrected chi connectivity index (χ3v) is 9.90. The van der Waals surface area contributed by atoms with Gasteiger partial charge in [-0.2, -0.15) is 0 Å². The molecule has 45 heavy (non-hydrogen) atoms. The van der Waals surface area contributed by atoms with Gasteiger partial charge in [-0.25, -0.2) is 4.79 Å². The zero-order valence-electron chi connectivity index (χ0n) is 29.1. The third kappa shape index (κ3) is 12.1. The van der Waals surface area contributed by atoms with Crippen LogP contribution in [0.2, 0.25) is 0 Å². The monoisotopic (exact) mass is 641 g/mol. The average molecular weight is 641 g/mol. The van der Waals surface area contributed by atoms with E-state index in [0.29, 0.717) is 50.2 Å². The zero-order chi connectivity index (χ0) is 33.0. The van der Waals surface area contributed by atoms with E-state index in [1.807, 2.05) is 0 Å². The lowest BCUT2D eigenvalue weighted by Gasteiger charge is -2.35. The molecule has 0 spiro atoms. The molecule has 3 heterocycles. The Kier molecular flexibility index (Phi) is 15.5. The maximum Gasteiger partial charge on any atom is 0.409 e. The van der Waals surface area contributed by atoms with Crippen molar-refractivity contribution in [1.29, 1.82) is 0 Å². The molecular weight excluding hydrogens is 572 g/mol. The van der Waals surface area contributed by atoms with Gasteiger partial charge in [0.05, 0.1) is 42.7 Å². The maximum absolute atomic E-state index is 12.6. The van der Waals surface area contributed by atoms with E-state index in [4.69, 9.17) is 18.9 Å². The molecule has 9 heteroatoms. The van der Waals surface area contributed by atoms with E-state index in [-0.39, 0.29) is 46.3 Å². The van der Waals surface area contributed by atoms with Crippen LogP contribution < -0.4 is 5.32 Å². The van der Waals surface area contributed by atoms with Gasteiger partial charge in [0.25, 0.3) is 0 Å². The number of ether oxygens (including phenoxy) is 4. The number of carbonyl (C=O) groups is 2. The van der Waals surface area contributed by atoms with E-state index >= 15 is 0 Å². The van der Waals surface area contributed by atoms with Crippen LogP contribution in [0.5, 0.6) is 0 Å². The standard InChI is InChI=1S/C36H62N2O7.3H2/c1-25(24-36(6)34(45-36)28(4)33(42-7)29(5)39)12-11-13-26(2)32-27(3)15-17-31(44-32)18-16-30(40)14-9-8-10-23-43-35(41)38-21-19-37-20-22-38;;;/h11-13,25,27-29,31-34,37,39H,8-10,14-24H2,1-7H3;3*1H/b12-11+,26-13+;;;/t25-,27+,28-,29-,31-,32-,33-,34-,36-;;;/m1.../s1. The van der Waals surface area contributed by atoms with Crippen molar-refractivity contribution in [3.63, 3.8) is 0 Å². The number of aliphatic hydroxyl groups is 1. The number of rotatable bonds is 18. The summed E-state index contributed by atoms with van der Waals surface area (Å²) in [4.78, 5) is 26.3. The van der Waals surface area contributed by atoms with Gasteiger partial charge in [0.15, 0.2) is 0 Å². The Morgan fingerprint density at radius 2 is 1.87 bits per heavy atom. The fraction of sp³-hybridized carbons (Fsp3) is 0.833. The van der Waals surface area contributed by atoms with Crippen molar-refractivity contribution in [1.82, 2.24) is 10.2 Å². The van der Waals surface area contributed by atoms with Crippen molar-refractivity contribution in [2.45, 2.75) is 135 Å². The summed E-state index contributed by atoms with van der Waals surface area (Å²) in [6, 6.07) is 0. The number of ketones is 1. The summed E-state index contributed by atoms with van der Waals surface area (Å²) in [6.45, 7) is 16.1. The topological polar surface area (TPSA) is 110 Å². The largest absolute Gasteiger partial charge is 0.449 e. The highest BCUT2D eigenvalue weighted by Crippen LogP contribution is 2.47. The summed E-state index contributed by atoms with van der Waals surface area (Å²) in [6.07, 6.45) is 13.3. The van der Waals surface area contributed by atoms with Crippen molar-refractivity contribution in [3.05, 3.63) is 23.8 Å². The van der Waals surface area contributed by atoms with E-state index in [9.17, 15) is 14.7 Å². The van der Waals surface area contributed by atoms with Crippen LogP contribution in [0.4, 0.5) is 4.79 Å². The molecule has 264 valence electrons. The molecule has 3 aliphatic rings. The summed E-state index contributed by atoms with van der Waals surface area (Å²) in [7, 11) is 1.65. The number of methoxy groups -OCH3 is 1. The van der Waals surface area contributed by atoms with Crippen molar-refractivity contribution < 1.29 is 37.9 Å². The highest BCUT2D eigenvalue weighted by atomic mass is 16.6. The SMILES string of the molecule is CO[C@H]([C@@H](C)[C@H]1O[C@]1(C)C[C@H](C)/C=C/C=C(\C)[C@H]1O[C@@H](CCC(=O)CCCCCOC(=O)N2CCNCC2)CC[C@@H]1C)[C@@H](C)O.[HH].[HH].[HH]. The number of hydrogen-bond donors (Lipinski definition) is 2. The minimum Gasteiger partial charge on any atom is -0.449 e. The van der Waals surface area contributed by atoms with Gasteiger partial charge in [-0.15, -0.1) is 0 Å². The Bertz CT molecular complexity index is 995. The molecule has 0 aromatic heterocycles. The average Bonchev–Trinajstić information content (AvgIpc) is 3.68. The third-order valence-electron chi connectivity index (χ3n) is 9.90. The molecule has 3 fully saturated rings. The summed E-state index contributed by atoms with van der Waals surface area (Å²) in [5, 5.41) is 13.3. The summed E-state index contributed by atoms with van der Waals surface area (Å²) in [5.74, 6) is 1.21. The van der Waals surface area contributed by atoms with Gasteiger partial charge in [0.1, 0.15) is 5.78 Å². The lowest BCUT2D eigenvalue weighted by atomic mass is 9.85. The van der Waals surface area contributed by atoms with Crippen LogP contribution in [0.1, 0.15) is 104 Å². The maximum atomic E-state index is 12.6. The Balaban J connectivity index is 0.00000736. The predicted molar refractivity (Wildman–Crippen MR) is 183 cm³/mol. The lowest BCUT2D eigenvalue weighted by Crippen LogP contribution is -2.46. The van der Waals surface area contributed by atoms with E-state index in [0.717, 1.165) is 58.0 Å². The number of aliphatic hydroxyl groups excluding tert-OH is 1. The minimum atomic E-state index is -0.531. The second-order valence-electron chi connectivity index (χ2n) is 14.1. The molecule has 3 saturated heterocycles. The van der Waals surface area contributed by atoms with Crippen molar-refractivity contribution in [2.24, 2.45) is 17.8 Å². The van der Waals surface area contributed by atoms with Crippen LogP contribution in [-0.2, 0) is 23.7 Å². The number of epoxide rings is 1. The Labute approximate surface area is 276 Å². The second-order valence-corrected chi connectivity index (χ2v) is 14.1. The van der Waals surface area contributed by atoms with Gasteiger partial charge in [-0.3, -0.25) is 4.79 Å². The number of nitrogens with zero attached hydrogens (tertiary/aromatic N) is 1. The molecule has 3 rings (SSSR count). The van der Waals surface area contributed by atoms with Gasteiger partial charge >= 0.3 is 6.09 Å². The Morgan fingerprint density at radius 1 is 1.13 bits per heavy atom. The van der Waals surface area contributed by atoms with Crippen molar-refractivity contribution in [2.75, 3.05) is 39.9 Å². The minimum absolute atomic E-state index is 0. The van der Waals surface area contributed by atoms with Crippen LogP contribution in [0.3, 0.4) is 0 Å². The molecule has 0 unspecified atom stereocenters. The molecular formula is C36H68N2O7. The quantitative estimate of drug-likeness (QED) is 0.0983. The first-order chi connectivity index (χ1) is 21.4. The zero-order valence-corrected chi connectivity index (χ0v) is 29.1. The number of hydrogen-bond acceptors (Lipinski definition) is 8. The van der Waals surface area contributed by atoms with Crippen LogP contribution >= 0.6 is 0 Å². The Morgan fingerprint density at radius 3 is 2.56 bits per heavy atom. The number of carbonyl (C=O) groups excluding carboxylic acids is 2. The lowest BCUT2D eigenvalue weighted by molar-refractivity contribution is -0.121. The smallest absolute Gasteiger partial charge is 0.409 e. The second kappa shape index (κ2) is 18.5. The van der Waals surface area contributed by atoms with E-state index in [1.54, 1.807) is 18.9 Å². The van der Waals surface area contributed by atoms with Gasteiger partial charge in [-0.1, -0.05) is 39.0 Å². The molecule has 2 N–H and O–H groups in total. The number of Topliss-reactive ketones (excluding diaryl/α,β-unsaturated/α-hetero) is 1. The molecule has 0 aromatic carbocycles.